The SMILES string of the molecule is Cc1nc(Cl)cc(C(=O)NCCO)c1N. The molecule has 0 aliphatic heterocycles. The average Bonchev–Trinajstić information content (AvgIpc) is 2.19. The summed E-state index contributed by atoms with van der Waals surface area (Å²) in [6, 6.07) is 1.40. The normalized spacial score (nSPS) is 10.1. The van der Waals surface area contributed by atoms with Gasteiger partial charge in [-0.15, -0.1) is 0 Å². The number of aliphatic hydroxyl groups excluding tert-OH is 1. The number of aliphatic hydroxyl groups is 1. The molecule has 1 heterocycles. The fourth-order valence-electron chi connectivity index (χ4n) is 1.10. The zero-order chi connectivity index (χ0) is 11.4. The first-order valence-corrected chi connectivity index (χ1v) is 4.75. The smallest absolute Gasteiger partial charge is 0.253 e. The third-order valence-electron chi connectivity index (χ3n) is 1.86. The number of carbonyl (C=O) groups is 1. The summed E-state index contributed by atoms with van der Waals surface area (Å²) in [5.41, 5.74) is 6.77. The van der Waals surface area contributed by atoms with Crippen LogP contribution in [0.2, 0.25) is 5.15 Å². The van der Waals surface area contributed by atoms with E-state index in [4.69, 9.17) is 22.4 Å². The van der Waals surface area contributed by atoms with Crippen molar-refractivity contribution in [3.63, 3.8) is 0 Å². The Morgan fingerprint density at radius 3 is 3.00 bits per heavy atom. The van der Waals surface area contributed by atoms with E-state index in [1.165, 1.54) is 6.07 Å². The number of nitrogens with one attached hydrogen (secondary N) is 1. The van der Waals surface area contributed by atoms with Gasteiger partial charge < -0.3 is 16.2 Å². The van der Waals surface area contributed by atoms with E-state index in [2.05, 4.69) is 10.3 Å². The molecule has 0 spiro atoms. The topological polar surface area (TPSA) is 88.2 Å². The van der Waals surface area contributed by atoms with Crippen LogP contribution < -0.4 is 11.1 Å². The van der Waals surface area contributed by atoms with E-state index >= 15 is 0 Å². The third kappa shape index (κ3) is 2.81. The van der Waals surface area contributed by atoms with Gasteiger partial charge in [0.05, 0.1) is 23.6 Å². The third-order valence-corrected chi connectivity index (χ3v) is 2.05. The first-order valence-electron chi connectivity index (χ1n) is 4.38. The van der Waals surface area contributed by atoms with Crippen molar-refractivity contribution in [2.45, 2.75) is 6.92 Å². The van der Waals surface area contributed by atoms with E-state index in [0.717, 1.165) is 0 Å². The molecule has 15 heavy (non-hydrogen) atoms. The molecule has 1 amide bonds. The van der Waals surface area contributed by atoms with Crippen LogP contribution in [0.5, 0.6) is 0 Å². The average molecular weight is 230 g/mol. The molecule has 1 aromatic rings. The van der Waals surface area contributed by atoms with Crippen molar-refractivity contribution in [1.29, 1.82) is 0 Å². The highest BCUT2D eigenvalue weighted by Gasteiger charge is 2.12. The van der Waals surface area contributed by atoms with Crippen molar-refractivity contribution in [3.8, 4) is 0 Å². The van der Waals surface area contributed by atoms with E-state index < -0.39 is 0 Å². The second-order valence-electron chi connectivity index (χ2n) is 2.97. The van der Waals surface area contributed by atoms with Crippen molar-refractivity contribution >= 4 is 23.2 Å². The Balaban J connectivity index is 2.98. The molecular weight excluding hydrogens is 218 g/mol. The van der Waals surface area contributed by atoms with Crippen molar-refractivity contribution in [2.24, 2.45) is 0 Å². The highest BCUT2D eigenvalue weighted by atomic mass is 35.5. The molecule has 0 aliphatic carbocycles. The van der Waals surface area contributed by atoms with Crippen molar-refractivity contribution in [1.82, 2.24) is 10.3 Å². The molecule has 0 aromatic carbocycles. The Morgan fingerprint density at radius 2 is 2.40 bits per heavy atom. The number of nitrogens with two attached hydrogens (primary N) is 1. The van der Waals surface area contributed by atoms with Crippen LogP contribution in [0.1, 0.15) is 16.1 Å². The minimum atomic E-state index is -0.367. The second kappa shape index (κ2) is 4.95. The number of amides is 1. The quantitative estimate of drug-likeness (QED) is 0.653. The van der Waals surface area contributed by atoms with Gasteiger partial charge >= 0.3 is 0 Å². The lowest BCUT2D eigenvalue weighted by atomic mass is 10.1. The number of aryl methyl sites for hydroxylation is 1. The molecule has 0 unspecified atom stereocenters. The Hall–Kier alpha value is -1.33. The fourth-order valence-corrected chi connectivity index (χ4v) is 1.33. The van der Waals surface area contributed by atoms with Gasteiger partial charge in [-0.2, -0.15) is 0 Å². The van der Waals surface area contributed by atoms with Gasteiger partial charge in [-0.1, -0.05) is 11.6 Å². The van der Waals surface area contributed by atoms with Crippen molar-refractivity contribution in [3.05, 3.63) is 22.5 Å². The van der Waals surface area contributed by atoms with Crippen LogP contribution in [0.4, 0.5) is 5.69 Å². The lowest BCUT2D eigenvalue weighted by Crippen LogP contribution is -2.27. The van der Waals surface area contributed by atoms with Crippen molar-refractivity contribution < 1.29 is 9.90 Å². The number of anilines is 1. The number of hydrogen-bond acceptors (Lipinski definition) is 4. The van der Waals surface area contributed by atoms with Crippen LogP contribution in [0.25, 0.3) is 0 Å². The van der Waals surface area contributed by atoms with Gasteiger partial charge in [-0.05, 0) is 13.0 Å². The van der Waals surface area contributed by atoms with Crippen LogP contribution in [-0.4, -0.2) is 29.1 Å². The summed E-state index contributed by atoms with van der Waals surface area (Å²) in [6.07, 6.45) is 0. The van der Waals surface area contributed by atoms with Gasteiger partial charge in [0.25, 0.3) is 5.91 Å². The molecule has 5 nitrogen and oxygen atoms in total. The maximum Gasteiger partial charge on any atom is 0.253 e. The molecule has 4 N–H and O–H groups in total. The Bertz CT molecular complexity index is 382. The van der Waals surface area contributed by atoms with Crippen molar-refractivity contribution in [2.75, 3.05) is 18.9 Å². The van der Waals surface area contributed by atoms with Crippen LogP contribution in [0, 0.1) is 6.92 Å². The van der Waals surface area contributed by atoms with E-state index in [0.29, 0.717) is 11.4 Å². The molecule has 0 radical (unpaired) electrons. The summed E-state index contributed by atoms with van der Waals surface area (Å²) < 4.78 is 0. The van der Waals surface area contributed by atoms with Crippen LogP contribution in [0.3, 0.4) is 0 Å². The number of halogens is 1. The molecule has 82 valence electrons. The highest BCUT2D eigenvalue weighted by Crippen LogP contribution is 2.19. The van der Waals surface area contributed by atoms with Gasteiger partial charge in [-0.3, -0.25) is 4.79 Å². The maximum absolute atomic E-state index is 11.5. The monoisotopic (exact) mass is 229 g/mol. The molecular formula is C9H12ClN3O2. The summed E-state index contributed by atoms with van der Waals surface area (Å²) in [5.74, 6) is -0.367. The standard InChI is InChI=1S/C9H12ClN3O2/c1-5-8(11)6(4-7(10)13-5)9(15)12-2-3-14/h4,14H,2-3,11H2,1H3,(H,12,15). The van der Waals surface area contributed by atoms with Crippen LogP contribution in [-0.2, 0) is 0 Å². The van der Waals surface area contributed by atoms with E-state index in [1.54, 1.807) is 6.92 Å². The number of hydrogen-bond donors (Lipinski definition) is 3. The maximum atomic E-state index is 11.5. The number of nitrogens with zero attached hydrogens (tertiary/aromatic N) is 1. The largest absolute Gasteiger partial charge is 0.397 e. The number of nitrogen functional groups attached to an aromatic ring is 1. The van der Waals surface area contributed by atoms with Gasteiger partial charge in [0.1, 0.15) is 5.15 Å². The highest BCUT2D eigenvalue weighted by molar-refractivity contribution is 6.30. The molecule has 0 bridgehead atoms. The Morgan fingerprint density at radius 1 is 1.73 bits per heavy atom. The molecule has 0 saturated carbocycles. The van der Waals surface area contributed by atoms with Gasteiger partial charge in [0.2, 0.25) is 0 Å². The van der Waals surface area contributed by atoms with E-state index in [-0.39, 0.29) is 29.8 Å². The molecule has 0 saturated heterocycles. The summed E-state index contributed by atoms with van der Waals surface area (Å²) in [7, 11) is 0. The zero-order valence-electron chi connectivity index (χ0n) is 8.25. The van der Waals surface area contributed by atoms with Gasteiger partial charge in [-0.25, -0.2) is 4.98 Å². The van der Waals surface area contributed by atoms with E-state index in [9.17, 15) is 4.79 Å². The number of rotatable bonds is 3. The molecule has 6 heteroatoms. The summed E-state index contributed by atoms with van der Waals surface area (Å²) >= 11 is 5.70. The summed E-state index contributed by atoms with van der Waals surface area (Å²) in [4.78, 5) is 15.4. The second-order valence-corrected chi connectivity index (χ2v) is 3.36. The Labute approximate surface area is 92.3 Å². The first kappa shape index (κ1) is 11.7. The van der Waals surface area contributed by atoms with Crippen LogP contribution in [0.15, 0.2) is 6.07 Å². The summed E-state index contributed by atoms with van der Waals surface area (Å²) in [6.45, 7) is 1.73. The number of pyridine rings is 1. The number of aromatic nitrogens is 1. The zero-order valence-corrected chi connectivity index (χ0v) is 9.01. The first-order chi connectivity index (χ1) is 7.06. The van der Waals surface area contributed by atoms with Gasteiger partial charge in [0, 0.05) is 6.54 Å². The predicted octanol–water partition coefficient (Wildman–Crippen LogP) is 0.348. The minimum Gasteiger partial charge on any atom is -0.397 e. The van der Waals surface area contributed by atoms with Crippen LogP contribution >= 0.6 is 11.6 Å². The lowest BCUT2D eigenvalue weighted by Gasteiger charge is -2.08. The minimum absolute atomic E-state index is 0.122. The van der Waals surface area contributed by atoms with E-state index in [1.807, 2.05) is 0 Å². The number of carbonyl (C=O) groups excluding carboxylic acids is 1. The molecule has 0 aliphatic rings. The fraction of sp³-hybridized carbons (Fsp3) is 0.333. The molecule has 0 fully saturated rings. The molecule has 1 aromatic heterocycles. The van der Waals surface area contributed by atoms with Gasteiger partial charge in [0.15, 0.2) is 0 Å². The predicted molar refractivity (Wildman–Crippen MR) is 57.8 cm³/mol. The Kier molecular flexibility index (Phi) is 3.88. The molecule has 0 atom stereocenters. The lowest BCUT2D eigenvalue weighted by molar-refractivity contribution is 0.0945. The molecule has 1 rings (SSSR count). The summed E-state index contributed by atoms with van der Waals surface area (Å²) in [5, 5.41) is 11.3.